The Kier molecular flexibility index (Phi) is 9.95. The molecule has 0 spiro atoms. The fourth-order valence-corrected chi connectivity index (χ4v) is 6.86. The summed E-state index contributed by atoms with van der Waals surface area (Å²) in [5.74, 6) is 2.96. The zero-order valence-corrected chi connectivity index (χ0v) is 26.5. The standard InChI is InChI=1S/C34H44N4O3S/c1-24(2)8-6-9-25(3)14-19-42-34-35-29(20-28-12-13-30-31(21-28)41-23-40-30)33(39)38(34)22-36-15-17-37(18-16-36)32-26(4)10-7-11-27(32)5/h7-8,10-13,20-21,25H,6,9,14-19,22-23H2,1-5H3/b29-20+/t25-/m0/s1. The van der Waals surface area contributed by atoms with Crippen LogP contribution in [0.25, 0.3) is 6.08 Å². The van der Waals surface area contributed by atoms with Gasteiger partial charge in [-0.25, -0.2) is 4.99 Å². The first kappa shape index (κ1) is 30.2. The van der Waals surface area contributed by atoms with Gasteiger partial charge in [0.25, 0.3) is 5.91 Å². The van der Waals surface area contributed by atoms with Crippen molar-refractivity contribution in [2.24, 2.45) is 10.9 Å². The van der Waals surface area contributed by atoms with E-state index in [1.807, 2.05) is 29.2 Å². The van der Waals surface area contributed by atoms with Gasteiger partial charge in [-0.2, -0.15) is 0 Å². The molecule has 0 bridgehead atoms. The van der Waals surface area contributed by atoms with Crippen molar-refractivity contribution in [3.8, 4) is 11.5 Å². The zero-order valence-electron chi connectivity index (χ0n) is 25.7. The van der Waals surface area contributed by atoms with Gasteiger partial charge < -0.3 is 14.4 Å². The molecule has 0 aliphatic carbocycles. The maximum absolute atomic E-state index is 13.7. The Morgan fingerprint density at radius 3 is 2.50 bits per heavy atom. The Balaban J connectivity index is 1.26. The highest BCUT2D eigenvalue weighted by Gasteiger charge is 2.33. The minimum atomic E-state index is -0.0380. The normalized spacial score (nSPS) is 18.5. The molecule has 0 aromatic heterocycles. The SMILES string of the molecule is CC(C)=CCC[C@H](C)CCSC1=N/C(=C/c2ccc3c(c2)OCO3)C(=O)N1CN1CCN(c2c(C)cccc2C)CC1. The molecule has 3 aliphatic heterocycles. The number of thioether (sulfide) groups is 1. The van der Waals surface area contributed by atoms with E-state index in [2.05, 4.69) is 68.7 Å². The minimum absolute atomic E-state index is 0.0380. The maximum Gasteiger partial charge on any atom is 0.279 e. The third-order valence-corrected chi connectivity index (χ3v) is 9.14. The number of carbonyl (C=O) groups excluding carboxylic acids is 1. The maximum atomic E-state index is 13.7. The molecular formula is C34H44N4O3S. The third-order valence-electron chi connectivity index (χ3n) is 8.13. The molecular weight excluding hydrogens is 544 g/mol. The predicted molar refractivity (Wildman–Crippen MR) is 174 cm³/mol. The molecule has 1 amide bonds. The summed E-state index contributed by atoms with van der Waals surface area (Å²) in [6.45, 7) is 15.5. The van der Waals surface area contributed by atoms with Crippen LogP contribution in [0, 0.1) is 19.8 Å². The number of aliphatic imine (C=N–C) groups is 1. The molecule has 3 aliphatic rings. The van der Waals surface area contributed by atoms with Gasteiger partial charge in [0.1, 0.15) is 5.70 Å². The van der Waals surface area contributed by atoms with E-state index in [9.17, 15) is 4.79 Å². The van der Waals surface area contributed by atoms with Gasteiger partial charge in [0.15, 0.2) is 16.7 Å². The number of rotatable bonds is 10. The third kappa shape index (κ3) is 7.39. The average molecular weight is 589 g/mol. The van der Waals surface area contributed by atoms with E-state index in [1.54, 1.807) is 11.8 Å². The lowest BCUT2D eigenvalue weighted by atomic mass is 10.0. The van der Waals surface area contributed by atoms with Crippen molar-refractivity contribution >= 4 is 34.6 Å². The number of piperazine rings is 1. The quantitative estimate of drug-likeness (QED) is 0.223. The summed E-state index contributed by atoms with van der Waals surface area (Å²) in [7, 11) is 0. The minimum Gasteiger partial charge on any atom is -0.454 e. The Morgan fingerprint density at radius 1 is 1.02 bits per heavy atom. The van der Waals surface area contributed by atoms with Crippen LogP contribution in [-0.4, -0.2) is 66.3 Å². The van der Waals surface area contributed by atoms with Gasteiger partial charge in [-0.15, -0.1) is 0 Å². The van der Waals surface area contributed by atoms with Crippen LogP contribution in [0.1, 0.15) is 56.7 Å². The molecule has 0 unspecified atom stereocenters. The highest BCUT2D eigenvalue weighted by molar-refractivity contribution is 8.13. The first-order valence-electron chi connectivity index (χ1n) is 15.1. The number of allylic oxidation sites excluding steroid dienone is 2. The van der Waals surface area contributed by atoms with Crippen molar-refractivity contribution in [2.45, 2.75) is 53.9 Å². The Labute approximate surface area is 255 Å². The van der Waals surface area contributed by atoms with Gasteiger partial charge in [0, 0.05) is 37.6 Å². The molecule has 7 nitrogen and oxygen atoms in total. The molecule has 0 radical (unpaired) electrons. The Morgan fingerprint density at radius 2 is 1.76 bits per heavy atom. The number of para-hydroxylation sites is 1. The number of anilines is 1. The van der Waals surface area contributed by atoms with Crippen molar-refractivity contribution in [1.82, 2.24) is 9.80 Å². The average Bonchev–Trinajstić information content (AvgIpc) is 3.54. The van der Waals surface area contributed by atoms with Gasteiger partial charge in [-0.3, -0.25) is 14.6 Å². The topological polar surface area (TPSA) is 57.6 Å². The van der Waals surface area contributed by atoms with Crippen LogP contribution in [0.15, 0.2) is 58.7 Å². The van der Waals surface area contributed by atoms with Crippen molar-refractivity contribution in [1.29, 1.82) is 0 Å². The first-order chi connectivity index (χ1) is 20.3. The lowest BCUT2D eigenvalue weighted by Gasteiger charge is -2.38. The highest BCUT2D eigenvalue weighted by Crippen LogP contribution is 2.34. The molecule has 42 heavy (non-hydrogen) atoms. The van der Waals surface area contributed by atoms with Gasteiger partial charge >= 0.3 is 0 Å². The van der Waals surface area contributed by atoms with Gasteiger partial charge in [0.2, 0.25) is 6.79 Å². The molecule has 2 aromatic rings. The van der Waals surface area contributed by atoms with Gasteiger partial charge in [-0.05, 0) is 87.8 Å². The van der Waals surface area contributed by atoms with E-state index in [0.717, 1.165) is 61.3 Å². The van der Waals surface area contributed by atoms with E-state index >= 15 is 0 Å². The van der Waals surface area contributed by atoms with E-state index in [4.69, 9.17) is 14.5 Å². The predicted octanol–water partition coefficient (Wildman–Crippen LogP) is 6.86. The molecule has 1 fully saturated rings. The Bertz CT molecular complexity index is 1350. The number of hydrogen-bond acceptors (Lipinski definition) is 7. The number of ether oxygens (including phenoxy) is 2. The summed E-state index contributed by atoms with van der Waals surface area (Å²) in [5.41, 5.74) is 6.71. The van der Waals surface area contributed by atoms with Crippen LogP contribution in [0.3, 0.4) is 0 Å². The number of amidine groups is 1. The van der Waals surface area contributed by atoms with Gasteiger partial charge in [0.05, 0.1) is 6.67 Å². The first-order valence-corrected chi connectivity index (χ1v) is 16.1. The number of amides is 1. The zero-order chi connectivity index (χ0) is 29.6. The lowest BCUT2D eigenvalue weighted by molar-refractivity contribution is -0.124. The lowest BCUT2D eigenvalue weighted by Crippen LogP contribution is -2.51. The van der Waals surface area contributed by atoms with E-state index in [-0.39, 0.29) is 12.7 Å². The molecule has 3 heterocycles. The molecule has 0 saturated carbocycles. The van der Waals surface area contributed by atoms with Crippen molar-refractivity contribution < 1.29 is 14.3 Å². The van der Waals surface area contributed by atoms with E-state index < -0.39 is 0 Å². The summed E-state index contributed by atoms with van der Waals surface area (Å²) in [6.07, 6.45) is 7.58. The van der Waals surface area contributed by atoms with Crippen LogP contribution in [-0.2, 0) is 4.79 Å². The number of nitrogens with zero attached hydrogens (tertiary/aromatic N) is 4. The number of fused-ring (bicyclic) bond motifs is 1. The number of carbonyl (C=O) groups is 1. The van der Waals surface area contributed by atoms with Crippen LogP contribution in [0.5, 0.6) is 11.5 Å². The van der Waals surface area contributed by atoms with Crippen LogP contribution >= 0.6 is 11.8 Å². The number of aryl methyl sites for hydroxylation is 2. The summed E-state index contributed by atoms with van der Waals surface area (Å²) < 4.78 is 11.0. The molecule has 224 valence electrons. The summed E-state index contributed by atoms with van der Waals surface area (Å²) in [5, 5.41) is 0.806. The second-order valence-corrected chi connectivity index (χ2v) is 12.9. The largest absolute Gasteiger partial charge is 0.454 e. The summed E-state index contributed by atoms with van der Waals surface area (Å²) in [4.78, 5) is 25.4. The summed E-state index contributed by atoms with van der Waals surface area (Å²) >= 11 is 1.71. The van der Waals surface area contributed by atoms with Crippen LogP contribution in [0.4, 0.5) is 5.69 Å². The number of benzene rings is 2. The van der Waals surface area contributed by atoms with Crippen LogP contribution < -0.4 is 14.4 Å². The number of hydrogen-bond donors (Lipinski definition) is 0. The van der Waals surface area contributed by atoms with E-state index in [0.29, 0.717) is 24.0 Å². The van der Waals surface area contributed by atoms with Gasteiger partial charge in [-0.1, -0.05) is 54.6 Å². The fraction of sp³-hybridized carbons (Fsp3) is 0.471. The second-order valence-electron chi connectivity index (χ2n) is 11.9. The molecule has 0 N–H and O–H groups in total. The summed E-state index contributed by atoms with van der Waals surface area (Å²) in [6, 6.07) is 12.2. The van der Waals surface area contributed by atoms with Crippen LogP contribution in [0.2, 0.25) is 0 Å². The second kappa shape index (κ2) is 13.8. The smallest absolute Gasteiger partial charge is 0.279 e. The molecule has 2 aromatic carbocycles. The van der Waals surface area contributed by atoms with E-state index in [1.165, 1.54) is 28.8 Å². The molecule has 1 atom stereocenters. The highest BCUT2D eigenvalue weighted by atomic mass is 32.2. The van der Waals surface area contributed by atoms with Crippen molar-refractivity contribution in [2.75, 3.05) is 50.3 Å². The van der Waals surface area contributed by atoms with Crippen molar-refractivity contribution in [3.63, 3.8) is 0 Å². The molecule has 5 rings (SSSR count). The monoisotopic (exact) mass is 588 g/mol. The molecule has 1 saturated heterocycles. The fourth-order valence-electron chi connectivity index (χ4n) is 5.70. The Hall–Kier alpha value is -3.23. The van der Waals surface area contributed by atoms with Crippen molar-refractivity contribution in [3.05, 3.63) is 70.4 Å². The molecule has 8 heteroatoms.